The van der Waals surface area contributed by atoms with Gasteiger partial charge in [-0.3, -0.25) is 0 Å². The minimum Gasteiger partial charge on any atom is -0.310 e. The van der Waals surface area contributed by atoms with Crippen LogP contribution in [0.4, 0.5) is 34.1 Å². The van der Waals surface area contributed by atoms with Crippen molar-refractivity contribution in [1.29, 1.82) is 0 Å². The number of nitrogens with zero attached hydrogens (tertiary/aromatic N) is 2. The summed E-state index contributed by atoms with van der Waals surface area (Å²) >= 11 is 8.40. The first-order valence-corrected chi connectivity index (χ1v) is 65.2. The van der Waals surface area contributed by atoms with Gasteiger partial charge in [0.05, 0.1) is 0 Å². The van der Waals surface area contributed by atoms with E-state index in [2.05, 4.69) is 305 Å². The molecule has 2 nitrogen and oxygen atoms in total. The van der Waals surface area contributed by atoms with Crippen molar-refractivity contribution in [3.63, 3.8) is 0 Å². The van der Waals surface area contributed by atoms with Crippen LogP contribution in [0, 0.1) is 0 Å². The highest BCUT2D eigenvalue weighted by atomic mass is 79.9. The van der Waals surface area contributed by atoms with Crippen molar-refractivity contribution in [3.05, 3.63) is 259 Å². The molecule has 0 spiro atoms. The van der Waals surface area contributed by atoms with E-state index in [-0.39, 0.29) is 27.1 Å². The lowest BCUT2D eigenvalue weighted by Crippen LogP contribution is -2.27. The fourth-order valence-corrected chi connectivity index (χ4v) is 30.1. The molecule has 5 aliphatic rings. The maximum Gasteiger partial charge on any atom is 0.0465 e. The van der Waals surface area contributed by atoms with Crippen LogP contribution < -0.4 is 9.80 Å². The summed E-state index contributed by atoms with van der Waals surface area (Å²) in [6.07, 6.45) is 89.6. The maximum atomic E-state index is 4.20. The van der Waals surface area contributed by atoms with Gasteiger partial charge in [0.1, 0.15) is 0 Å². The average molecular weight is 2130 g/mol. The lowest BCUT2D eigenvalue weighted by atomic mass is 9.70. The van der Waals surface area contributed by atoms with Crippen LogP contribution in [0.25, 0.3) is 55.6 Å². The smallest absolute Gasteiger partial charge is 0.0465 e. The molecular weight excluding hydrogens is 1930 g/mol. The first-order valence-electron chi connectivity index (χ1n) is 63.6. The van der Waals surface area contributed by atoms with Gasteiger partial charge >= 0.3 is 0 Å². The molecule has 0 saturated heterocycles. The molecule has 10 aromatic carbocycles. The Bertz CT molecular complexity index is 5360. The quantitative estimate of drug-likeness (QED) is 0.0351. The molecule has 5 aliphatic carbocycles. The van der Waals surface area contributed by atoms with Gasteiger partial charge in [0.2, 0.25) is 0 Å². The van der Waals surface area contributed by atoms with Gasteiger partial charge in [-0.2, -0.15) is 0 Å². The number of unbranched alkanes of at least 4 members (excludes halogenated alkanes) is 50. The van der Waals surface area contributed by atoms with Crippen molar-refractivity contribution in [2.75, 3.05) is 9.80 Å². The molecule has 806 valence electrons. The molecule has 10 aromatic rings. The highest BCUT2D eigenvalue weighted by molar-refractivity contribution is 9.10. The van der Waals surface area contributed by atoms with Gasteiger partial charge in [0, 0.05) is 70.1 Å². The molecule has 0 atom stereocenters. The lowest BCUT2D eigenvalue weighted by Gasteiger charge is -2.37. The number of anilines is 6. The Morgan fingerprint density at radius 3 is 0.450 bits per heavy atom. The van der Waals surface area contributed by atoms with Gasteiger partial charge in [0.25, 0.3) is 0 Å². The molecular formula is C145H202Br2N2. The third-order valence-electron chi connectivity index (χ3n) is 37.6. The number of benzene rings is 10. The van der Waals surface area contributed by atoms with Crippen molar-refractivity contribution >= 4 is 66.0 Å². The molecule has 0 saturated carbocycles. The van der Waals surface area contributed by atoms with Crippen LogP contribution in [-0.2, 0) is 27.1 Å². The Labute approximate surface area is 928 Å². The van der Waals surface area contributed by atoms with E-state index in [0.29, 0.717) is 0 Å². The van der Waals surface area contributed by atoms with E-state index in [1.165, 1.54) is 535 Å². The van der Waals surface area contributed by atoms with Gasteiger partial charge in [-0.15, -0.1) is 0 Å². The van der Waals surface area contributed by atoms with Crippen LogP contribution in [0.15, 0.2) is 203 Å². The molecule has 149 heavy (non-hydrogen) atoms. The highest BCUT2D eigenvalue weighted by Crippen LogP contribution is 2.65. The van der Waals surface area contributed by atoms with E-state index in [1.54, 1.807) is 55.6 Å². The Morgan fingerprint density at radius 2 is 0.275 bits per heavy atom. The number of hydrogen-bond donors (Lipinski definition) is 0. The molecule has 15 rings (SSSR count). The summed E-state index contributed by atoms with van der Waals surface area (Å²) in [5, 5.41) is 0. The van der Waals surface area contributed by atoms with E-state index in [4.69, 9.17) is 0 Å². The topological polar surface area (TPSA) is 6.48 Å². The molecule has 0 heterocycles. The first kappa shape index (κ1) is 116. The highest BCUT2D eigenvalue weighted by Gasteiger charge is 2.50. The van der Waals surface area contributed by atoms with Crippen molar-refractivity contribution in [2.24, 2.45) is 0 Å². The van der Waals surface area contributed by atoms with Crippen molar-refractivity contribution in [2.45, 2.75) is 546 Å². The zero-order chi connectivity index (χ0) is 104. The normalized spacial score (nSPS) is 14.4. The van der Waals surface area contributed by atoms with Crippen molar-refractivity contribution in [3.8, 4) is 55.6 Å². The van der Waals surface area contributed by atoms with Gasteiger partial charge in [-0.25, -0.2) is 0 Å². The van der Waals surface area contributed by atoms with E-state index >= 15 is 0 Å². The van der Waals surface area contributed by atoms with Crippen LogP contribution in [0.3, 0.4) is 0 Å². The Kier molecular flexibility index (Phi) is 46.3. The summed E-state index contributed by atoms with van der Waals surface area (Å²) in [5.74, 6) is 0. The molecule has 0 aromatic heterocycles. The standard InChI is InChI=1S/C145H202Br2N2/c1-11-21-31-41-51-65-95-141(96-66-52-42-32-22-12-2)131-77-63-61-75-121(131)125-89-81-115(107-135(125)141)148(116-82-90-126-122-76-62-64-78-132(122)142(136(126)108-116,97-67-53-43-33-23-13-3)98-68-54-44-34-24-14-4)119-85-93-129-130-94-86-120(112-140(130)145(139(129)111-119,103-73-59-49-39-29-19-9)104-74-60-50-40-30-20-10)149(117-83-91-127-123-87-79-113(146)105-133(123)143(137(127)109-117,99-69-55-45-35-25-15-5)100-70-56-46-36-26-16-6)118-84-92-128-124-88-80-114(147)106-134(124)144(138(128)110-118,101-71-57-47-37-27-17-7)102-72-58-48-38-28-18-8/h61-64,75-94,105-112H,11-60,65-74,95-104H2,1-10H3. The van der Waals surface area contributed by atoms with E-state index in [9.17, 15) is 0 Å². The SMILES string of the molecule is CCCCCCCCC1(CCCCCCCC)c2ccccc2-c2ccc(N(c3ccc4c(c3)C(CCCCCCCC)(CCCCCCCC)c3ccccc3-4)c3ccc4c(c3)C(CCCCCCCC)(CCCCCCCC)c3cc(N(c5ccc6c(c5)C(CCCCCCCC)(CCCCCCCC)c5cc(Br)ccc5-6)c5ccc6c(c5)C(CCCCCCCC)(CCCCCCCC)c5cc(Br)ccc5-6)ccc3-4)cc21. The molecule has 0 radical (unpaired) electrons. The second-order valence-corrected chi connectivity index (χ2v) is 49.9. The van der Waals surface area contributed by atoms with Gasteiger partial charge < -0.3 is 9.80 Å². The van der Waals surface area contributed by atoms with Crippen LogP contribution in [-0.4, -0.2) is 0 Å². The average Bonchev–Trinajstić information content (AvgIpc) is 1.55. The fourth-order valence-electron chi connectivity index (χ4n) is 29.4. The molecule has 0 N–H and O–H groups in total. The summed E-state index contributed by atoms with van der Waals surface area (Å²) in [7, 11) is 0. The number of hydrogen-bond acceptors (Lipinski definition) is 2. The maximum absolute atomic E-state index is 4.20. The summed E-state index contributed by atoms with van der Waals surface area (Å²) in [6.45, 7) is 23.9. The molecule has 4 heteroatoms. The summed E-state index contributed by atoms with van der Waals surface area (Å²) in [4.78, 5) is 5.77. The molecule has 0 amide bonds. The van der Waals surface area contributed by atoms with Crippen LogP contribution in [0.1, 0.15) is 574 Å². The molecule has 0 aliphatic heterocycles. The zero-order valence-electron chi connectivity index (χ0n) is 96.1. The second-order valence-electron chi connectivity index (χ2n) is 48.1. The van der Waals surface area contributed by atoms with Gasteiger partial charge in [0.15, 0.2) is 0 Å². The predicted octanol–water partition coefficient (Wildman–Crippen LogP) is 49.0. The van der Waals surface area contributed by atoms with Crippen LogP contribution in [0.5, 0.6) is 0 Å². The van der Waals surface area contributed by atoms with Gasteiger partial charge in [-0.05, 0) is 273 Å². The van der Waals surface area contributed by atoms with Crippen molar-refractivity contribution in [1.82, 2.24) is 0 Å². The Hall–Kier alpha value is -7.24. The minimum atomic E-state index is -0.276. The van der Waals surface area contributed by atoms with Crippen LogP contribution in [0.2, 0.25) is 0 Å². The van der Waals surface area contributed by atoms with E-state index in [1.807, 2.05) is 0 Å². The fraction of sp³-hybridized carbons (Fsp3) is 0.586. The molecule has 0 unspecified atom stereocenters. The number of rotatable bonds is 76. The number of halogens is 2. The van der Waals surface area contributed by atoms with Crippen LogP contribution >= 0.6 is 31.9 Å². The van der Waals surface area contributed by atoms with Crippen molar-refractivity contribution < 1.29 is 0 Å². The minimum absolute atomic E-state index is 0.0838. The van der Waals surface area contributed by atoms with E-state index < -0.39 is 0 Å². The molecule has 0 fully saturated rings. The predicted molar refractivity (Wildman–Crippen MR) is 662 cm³/mol. The lowest BCUT2D eigenvalue weighted by molar-refractivity contribution is 0.397. The monoisotopic (exact) mass is 2130 g/mol. The largest absolute Gasteiger partial charge is 0.310 e. The Morgan fingerprint density at radius 1 is 0.141 bits per heavy atom. The summed E-state index contributed by atoms with van der Waals surface area (Å²) in [5.41, 5.74) is 37.7. The number of fused-ring (bicyclic) bond motifs is 15. The first-order chi connectivity index (χ1) is 73.3. The third kappa shape index (κ3) is 27.7. The summed E-state index contributed by atoms with van der Waals surface area (Å²) < 4.78 is 2.43. The van der Waals surface area contributed by atoms with Gasteiger partial charge in [-0.1, -0.05) is 583 Å². The molecule has 0 bridgehead atoms. The zero-order valence-corrected chi connectivity index (χ0v) is 99.3. The third-order valence-corrected chi connectivity index (χ3v) is 38.5. The summed E-state index contributed by atoms with van der Waals surface area (Å²) in [6, 6.07) is 83.6. The van der Waals surface area contributed by atoms with E-state index in [0.717, 1.165) is 12.8 Å². The second kappa shape index (κ2) is 59.6. The Balaban J connectivity index is 0.973.